The zero-order valence-electron chi connectivity index (χ0n) is 14.6. The second-order valence-electron chi connectivity index (χ2n) is 7.09. The lowest BCUT2D eigenvalue weighted by Crippen LogP contribution is -2.44. The number of fused-ring (bicyclic) bond motifs is 4. The van der Waals surface area contributed by atoms with Crippen LogP contribution in [0, 0.1) is 0 Å². The highest BCUT2D eigenvalue weighted by Crippen LogP contribution is 2.55. The predicted molar refractivity (Wildman–Crippen MR) is 91.1 cm³/mol. The maximum Gasteiger partial charge on any atom is 0.203 e. The Hall–Kier alpha value is -2.80. The molecule has 4 rings (SSSR count). The summed E-state index contributed by atoms with van der Waals surface area (Å²) in [5, 5.41) is 40.7. The Morgan fingerprint density at radius 2 is 1.81 bits per heavy atom. The number of hydrogen-bond donors (Lipinski definition) is 4. The van der Waals surface area contributed by atoms with Gasteiger partial charge in [-0.1, -0.05) is 0 Å². The predicted octanol–water partition coefficient (Wildman–Crippen LogP) is 2.83. The summed E-state index contributed by atoms with van der Waals surface area (Å²) in [5.74, 6) is -0.255. The molecule has 4 N–H and O–H groups in total. The Morgan fingerprint density at radius 1 is 1.08 bits per heavy atom. The van der Waals surface area contributed by atoms with Gasteiger partial charge in [-0.05, 0) is 19.9 Å². The number of phenols is 4. The first-order valence-electron chi connectivity index (χ1n) is 8.25. The van der Waals surface area contributed by atoms with Gasteiger partial charge >= 0.3 is 0 Å². The zero-order chi connectivity index (χ0) is 18.8. The van der Waals surface area contributed by atoms with E-state index in [1.165, 1.54) is 25.3 Å². The van der Waals surface area contributed by atoms with E-state index in [2.05, 4.69) is 0 Å². The fraction of sp³-hybridized carbons (Fsp3) is 0.368. The average molecular weight is 360 g/mol. The van der Waals surface area contributed by atoms with Crippen molar-refractivity contribution in [2.75, 3.05) is 7.11 Å². The molecule has 0 saturated carbocycles. The summed E-state index contributed by atoms with van der Waals surface area (Å²) in [6, 6.07) is 4.18. The van der Waals surface area contributed by atoms with Crippen molar-refractivity contribution in [3.05, 3.63) is 34.9 Å². The van der Waals surface area contributed by atoms with E-state index in [4.69, 9.17) is 14.2 Å². The van der Waals surface area contributed by atoms with Gasteiger partial charge in [0, 0.05) is 35.2 Å². The number of ether oxygens (including phenoxy) is 3. The van der Waals surface area contributed by atoms with Crippen LogP contribution in [0.4, 0.5) is 0 Å². The number of benzene rings is 2. The molecular formula is C19H20O7. The molecule has 2 aromatic carbocycles. The third-order valence-electron chi connectivity index (χ3n) is 4.99. The van der Waals surface area contributed by atoms with Crippen LogP contribution in [0.15, 0.2) is 18.2 Å². The zero-order valence-corrected chi connectivity index (χ0v) is 14.6. The SMILES string of the molecule is COc1c(O)cc2c(c1O)C(C)(C)O[C@H]1Cc3c(O)cc(O)cc3O[C@H]21. The van der Waals surface area contributed by atoms with Crippen LogP contribution in [0.2, 0.25) is 0 Å². The molecule has 2 aliphatic rings. The minimum atomic E-state index is -0.866. The molecule has 0 fully saturated rings. The monoisotopic (exact) mass is 360 g/mol. The number of phenolic OH excluding ortho intramolecular Hbond substituents is 4. The lowest BCUT2D eigenvalue weighted by atomic mass is 9.81. The largest absolute Gasteiger partial charge is 0.508 e. The first-order valence-corrected chi connectivity index (χ1v) is 8.25. The molecule has 0 spiro atoms. The molecule has 0 bridgehead atoms. The minimum Gasteiger partial charge on any atom is -0.508 e. The summed E-state index contributed by atoms with van der Waals surface area (Å²) in [5.41, 5.74) is 0.733. The summed E-state index contributed by atoms with van der Waals surface area (Å²) in [6.07, 6.45) is -0.690. The minimum absolute atomic E-state index is 0.0228. The topological polar surface area (TPSA) is 109 Å². The van der Waals surface area contributed by atoms with Gasteiger partial charge in [-0.2, -0.15) is 0 Å². The first-order chi connectivity index (χ1) is 12.2. The lowest BCUT2D eigenvalue weighted by molar-refractivity contribution is -0.141. The Bertz CT molecular complexity index is 903. The highest BCUT2D eigenvalue weighted by atomic mass is 16.6. The molecule has 2 atom stereocenters. The third-order valence-corrected chi connectivity index (χ3v) is 4.99. The van der Waals surface area contributed by atoms with Crippen molar-refractivity contribution in [3.63, 3.8) is 0 Å². The normalized spacial score (nSPS) is 22.6. The molecule has 26 heavy (non-hydrogen) atoms. The van der Waals surface area contributed by atoms with E-state index >= 15 is 0 Å². The Morgan fingerprint density at radius 3 is 2.50 bits per heavy atom. The summed E-state index contributed by atoms with van der Waals surface area (Å²) in [7, 11) is 1.36. The molecule has 7 heteroatoms. The second-order valence-corrected chi connectivity index (χ2v) is 7.09. The molecule has 2 heterocycles. The smallest absolute Gasteiger partial charge is 0.203 e. The van der Waals surface area contributed by atoms with Crippen molar-refractivity contribution in [2.24, 2.45) is 0 Å². The molecule has 0 radical (unpaired) electrons. The number of rotatable bonds is 1. The first kappa shape index (κ1) is 16.7. The summed E-state index contributed by atoms with van der Waals surface area (Å²) in [4.78, 5) is 0. The van der Waals surface area contributed by atoms with E-state index < -0.39 is 17.8 Å². The van der Waals surface area contributed by atoms with E-state index in [-0.39, 0.29) is 28.7 Å². The van der Waals surface area contributed by atoms with Crippen molar-refractivity contribution in [3.8, 4) is 34.5 Å². The molecule has 138 valence electrons. The highest BCUT2D eigenvalue weighted by molar-refractivity contribution is 5.62. The van der Waals surface area contributed by atoms with Crippen molar-refractivity contribution in [1.29, 1.82) is 0 Å². The van der Waals surface area contributed by atoms with Gasteiger partial charge in [-0.25, -0.2) is 0 Å². The van der Waals surface area contributed by atoms with Crippen LogP contribution < -0.4 is 9.47 Å². The van der Waals surface area contributed by atoms with Gasteiger partial charge in [-0.3, -0.25) is 0 Å². The Labute approximate surface area is 150 Å². The Kier molecular flexibility index (Phi) is 3.43. The van der Waals surface area contributed by atoms with Crippen LogP contribution in [0.1, 0.15) is 36.6 Å². The van der Waals surface area contributed by atoms with E-state index in [0.717, 1.165) is 0 Å². The average Bonchev–Trinajstić information content (AvgIpc) is 2.53. The third kappa shape index (κ3) is 2.24. The van der Waals surface area contributed by atoms with Gasteiger partial charge in [0.25, 0.3) is 0 Å². The van der Waals surface area contributed by atoms with E-state index in [1.807, 2.05) is 13.8 Å². The molecule has 0 amide bonds. The van der Waals surface area contributed by atoms with E-state index in [9.17, 15) is 20.4 Å². The Balaban J connectivity index is 1.90. The standard InChI is InChI=1S/C19H20O7/c1-19(2)15-10(6-12(22)18(24-3)16(15)23)17-14(26-19)7-9-11(21)4-8(20)5-13(9)25-17/h4-6,14,17,20-23H,7H2,1-3H3/t14-,17+/m0/s1. The van der Waals surface area contributed by atoms with Gasteiger partial charge in [0.05, 0.1) is 12.7 Å². The van der Waals surface area contributed by atoms with Crippen LogP contribution in [0.5, 0.6) is 34.5 Å². The van der Waals surface area contributed by atoms with E-state index in [0.29, 0.717) is 28.9 Å². The number of aromatic hydroxyl groups is 4. The molecule has 0 saturated heterocycles. The quantitative estimate of drug-likeness (QED) is 0.619. The molecule has 0 aromatic heterocycles. The van der Waals surface area contributed by atoms with Crippen LogP contribution >= 0.6 is 0 Å². The summed E-state index contributed by atoms with van der Waals surface area (Å²) < 4.78 is 17.3. The van der Waals surface area contributed by atoms with Crippen LogP contribution in [-0.4, -0.2) is 33.6 Å². The fourth-order valence-corrected chi connectivity index (χ4v) is 3.97. The molecule has 2 aromatic rings. The van der Waals surface area contributed by atoms with Crippen molar-refractivity contribution < 1.29 is 34.6 Å². The van der Waals surface area contributed by atoms with Gasteiger partial charge in [0.1, 0.15) is 23.4 Å². The summed E-state index contributed by atoms with van der Waals surface area (Å²) >= 11 is 0. The van der Waals surface area contributed by atoms with Crippen LogP contribution in [-0.2, 0) is 16.8 Å². The molecular weight excluding hydrogens is 340 g/mol. The van der Waals surface area contributed by atoms with Gasteiger partial charge in [0.15, 0.2) is 17.6 Å². The fourth-order valence-electron chi connectivity index (χ4n) is 3.97. The molecule has 0 unspecified atom stereocenters. The van der Waals surface area contributed by atoms with Crippen molar-refractivity contribution in [2.45, 2.75) is 38.1 Å². The summed E-state index contributed by atoms with van der Waals surface area (Å²) in [6.45, 7) is 3.62. The maximum absolute atomic E-state index is 10.6. The van der Waals surface area contributed by atoms with Gasteiger partial charge in [0.2, 0.25) is 5.75 Å². The second kappa shape index (κ2) is 5.35. The molecule has 2 aliphatic heterocycles. The molecule has 0 aliphatic carbocycles. The number of methoxy groups -OCH3 is 1. The maximum atomic E-state index is 10.6. The van der Waals surface area contributed by atoms with Gasteiger partial charge < -0.3 is 34.6 Å². The van der Waals surface area contributed by atoms with Crippen LogP contribution in [0.3, 0.4) is 0 Å². The van der Waals surface area contributed by atoms with Crippen molar-refractivity contribution >= 4 is 0 Å². The van der Waals surface area contributed by atoms with E-state index in [1.54, 1.807) is 0 Å². The highest BCUT2D eigenvalue weighted by Gasteiger charge is 2.47. The lowest BCUT2D eigenvalue weighted by Gasteiger charge is -2.45. The number of hydrogen-bond acceptors (Lipinski definition) is 7. The van der Waals surface area contributed by atoms with Gasteiger partial charge in [-0.15, -0.1) is 0 Å². The molecule has 7 nitrogen and oxygen atoms in total. The van der Waals surface area contributed by atoms with Crippen LogP contribution in [0.25, 0.3) is 0 Å². The van der Waals surface area contributed by atoms with Crippen molar-refractivity contribution in [1.82, 2.24) is 0 Å².